The van der Waals surface area contributed by atoms with E-state index < -0.39 is 10.0 Å². The van der Waals surface area contributed by atoms with Gasteiger partial charge in [0.05, 0.1) is 10.9 Å². The molecular formula is C29H32N2O3S. The molecule has 35 heavy (non-hydrogen) atoms. The van der Waals surface area contributed by atoms with E-state index in [-0.39, 0.29) is 29.7 Å². The summed E-state index contributed by atoms with van der Waals surface area (Å²) in [4.78, 5) is 13.5. The lowest BCUT2D eigenvalue weighted by Gasteiger charge is -2.43. The van der Waals surface area contributed by atoms with Crippen LogP contribution in [0.15, 0.2) is 95.9 Å². The van der Waals surface area contributed by atoms with Crippen molar-refractivity contribution in [3.8, 4) is 0 Å². The van der Waals surface area contributed by atoms with Gasteiger partial charge in [-0.3, -0.25) is 4.79 Å². The smallest absolute Gasteiger partial charge is 0.243 e. The van der Waals surface area contributed by atoms with Gasteiger partial charge in [0.2, 0.25) is 10.0 Å². The molecule has 0 aromatic heterocycles. The van der Waals surface area contributed by atoms with Crippen LogP contribution in [0.5, 0.6) is 0 Å². The lowest BCUT2D eigenvalue weighted by Crippen LogP contribution is -2.51. The molecule has 0 bridgehead atoms. The van der Waals surface area contributed by atoms with Crippen molar-refractivity contribution in [2.75, 3.05) is 13.1 Å². The van der Waals surface area contributed by atoms with E-state index in [1.54, 1.807) is 28.6 Å². The summed E-state index contributed by atoms with van der Waals surface area (Å²) in [5.41, 5.74) is 1.79. The number of ketones is 1. The molecule has 1 N–H and O–H groups in total. The average Bonchev–Trinajstić information content (AvgIpc) is 2.94. The Labute approximate surface area is 208 Å². The fourth-order valence-corrected chi connectivity index (χ4v) is 7.40. The van der Waals surface area contributed by atoms with Gasteiger partial charge in [0.15, 0.2) is 5.78 Å². The fraction of sp³-hybridized carbons (Fsp3) is 0.345. The summed E-state index contributed by atoms with van der Waals surface area (Å²) in [6.45, 7) is 1.22. The quantitative estimate of drug-likeness (QED) is 0.492. The number of piperidine rings is 2. The lowest BCUT2D eigenvalue weighted by atomic mass is 9.78. The zero-order valence-corrected chi connectivity index (χ0v) is 20.6. The fourth-order valence-electron chi connectivity index (χ4n) is 5.68. The highest BCUT2D eigenvalue weighted by Gasteiger charge is 2.41. The van der Waals surface area contributed by atoms with Crippen molar-refractivity contribution < 1.29 is 13.2 Å². The summed E-state index contributed by atoms with van der Waals surface area (Å²) in [6, 6.07) is 28.1. The van der Waals surface area contributed by atoms with E-state index in [0.29, 0.717) is 11.4 Å². The van der Waals surface area contributed by atoms with Crippen LogP contribution in [0.25, 0.3) is 0 Å². The molecule has 0 aliphatic carbocycles. The molecule has 2 fully saturated rings. The minimum atomic E-state index is -3.67. The van der Waals surface area contributed by atoms with E-state index in [9.17, 15) is 13.2 Å². The van der Waals surface area contributed by atoms with E-state index in [1.165, 1.54) is 0 Å². The zero-order valence-electron chi connectivity index (χ0n) is 19.8. The molecule has 2 saturated heterocycles. The second-order valence-electron chi connectivity index (χ2n) is 9.66. The van der Waals surface area contributed by atoms with E-state index >= 15 is 0 Å². The Hall–Kier alpha value is -2.80. The molecular weight excluding hydrogens is 456 g/mol. The number of carbonyl (C=O) groups is 1. The van der Waals surface area contributed by atoms with Crippen LogP contribution >= 0.6 is 0 Å². The predicted molar refractivity (Wildman–Crippen MR) is 138 cm³/mol. The molecule has 3 aromatic carbocycles. The maximum atomic E-state index is 13.8. The van der Waals surface area contributed by atoms with Crippen LogP contribution in [0.3, 0.4) is 0 Å². The summed E-state index contributed by atoms with van der Waals surface area (Å²) >= 11 is 0. The van der Waals surface area contributed by atoms with Crippen molar-refractivity contribution in [2.24, 2.45) is 11.8 Å². The van der Waals surface area contributed by atoms with Crippen LogP contribution < -0.4 is 5.32 Å². The highest BCUT2D eigenvalue weighted by Crippen LogP contribution is 2.40. The number of Topliss-reactive ketones (excluding diaryl/α,β-unsaturated/α-hetero) is 1. The van der Waals surface area contributed by atoms with Crippen LogP contribution in [0, 0.1) is 11.8 Å². The summed E-state index contributed by atoms with van der Waals surface area (Å²) in [5.74, 6) is 0.318. The van der Waals surface area contributed by atoms with Gasteiger partial charge in [-0.2, -0.15) is 4.31 Å². The summed E-state index contributed by atoms with van der Waals surface area (Å²) in [5, 5.41) is 3.62. The van der Waals surface area contributed by atoms with Gasteiger partial charge >= 0.3 is 0 Å². The number of carbonyl (C=O) groups excluding carboxylic acids is 1. The third-order valence-corrected chi connectivity index (χ3v) is 9.43. The molecule has 0 radical (unpaired) electrons. The van der Waals surface area contributed by atoms with Crippen molar-refractivity contribution in [1.29, 1.82) is 0 Å². The van der Waals surface area contributed by atoms with Crippen LogP contribution in [-0.4, -0.2) is 37.6 Å². The second-order valence-corrected chi connectivity index (χ2v) is 11.6. The average molecular weight is 489 g/mol. The maximum Gasteiger partial charge on any atom is 0.243 e. The van der Waals surface area contributed by atoms with Crippen molar-refractivity contribution in [1.82, 2.24) is 9.62 Å². The molecule has 4 unspecified atom stereocenters. The van der Waals surface area contributed by atoms with Crippen LogP contribution in [-0.2, 0) is 10.0 Å². The van der Waals surface area contributed by atoms with Crippen molar-refractivity contribution in [3.63, 3.8) is 0 Å². The molecule has 5 nitrogen and oxygen atoms in total. The van der Waals surface area contributed by atoms with Crippen LogP contribution in [0.1, 0.15) is 47.6 Å². The first-order chi connectivity index (χ1) is 17.0. The van der Waals surface area contributed by atoms with Crippen molar-refractivity contribution in [2.45, 2.75) is 42.7 Å². The molecule has 2 heterocycles. The molecule has 5 rings (SSSR count). The van der Waals surface area contributed by atoms with Gasteiger partial charge in [-0.1, -0.05) is 78.9 Å². The number of nitrogens with zero attached hydrogens (tertiary/aromatic N) is 1. The van der Waals surface area contributed by atoms with Crippen molar-refractivity contribution >= 4 is 15.8 Å². The maximum absolute atomic E-state index is 13.8. The topological polar surface area (TPSA) is 66.5 Å². The third-order valence-electron chi connectivity index (χ3n) is 7.54. The van der Waals surface area contributed by atoms with Crippen LogP contribution in [0.4, 0.5) is 0 Å². The third kappa shape index (κ3) is 5.10. The largest absolute Gasteiger partial charge is 0.314 e. The van der Waals surface area contributed by atoms with E-state index in [2.05, 4.69) is 5.32 Å². The standard InChI is InChI=1S/C29H32N2O3S/c32-29(23-12-6-2-7-13-23)24-18-19-30-27(20-24)25-16-17-28(22-10-4-1-5-11-22)31(21-25)35(33,34)26-14-8-3-9-15-26/h1-15,24-25,27-28,30H,16-21H2. The molecule has 0 amide bonds. The van der Waals surface area contributed by atoms with E-state index in [0.717, 1.165) is 43.4 Å². The van der Waals surface area contributed by atoms with E-state index in [4.69, 9.17) is 0 Å². The predicted octanol–water partition coefficient (Wildman–Crippen LogP) is 5.08. The number of benzene rings is 3. The molecule has 182 valence electrons. The Morgan fingerprint density at radius 3 is 2.11 bits per heavy atom. The molecule has 3 aromatic rings. The number of nitrogens with one attached hydrogen (secondary N) is 1. The van der Waals surface area contributed by atoms with Gasteiger partial charge in [0.25, 0.3) is 0 Å². The Bertz CT molecular complexity index is 1230. The lowest BCUT2D eigenvalue weighted by molar-refractivity contribution is 0.0829. The molecule has 0 saturated carbocycles. The first-order valence-corrected chi connectivity index (χ1v) is 13.9. The minimum Gasteiger partial charge on any atom is -0.314 e. The number of rotatable bonds is 6. The normalized spacial score (nSPS) is 25.7. The Balaban J connectivity index is 1.39. The highest BCUT2D eigenvalue weighted by atomic mass is 32.2. The Kier molecular flexibility index (Phi) is 7.14. The molecule has 6 heteroatoms. The van der Waals surface area contributed by atoms with Crippen molar-refractivity contribution in [3.05, 3.63) is 102 Å². The molecule has 4 atom stereocenters. The molecule has 2 aliphatic rings. The van der Waals surface area contributed by atoms with Crippen LogP contribution in [0.2, 0.25) is 0 Å². The first-order valence-electron chi connectivity index (χ1n) is 12.5. The second kappa shape index (κ2) is 10.4. The number of sulfonamides is 1. The minimum absolute atomic E-state index is 0.0327. The molecule has 2 aliphatic heterocycles. The SMILES string of the molecule is O=C(c1ccccc1)C1CCNC(C2CCC(c3ccccc3)N(S(=O)(=O)c3ccccc3)C2)C1. The first kappa shape index (κ1) is 23.9. The summed E-state index contributed by atoms with van der Waals surface area (Å²) in [6.07, 6.45) is 3.24. The van der Waals surface area contributed by atoms with Gasteiger partial charge in [0.1, 0.15) is 0 Å². The number of hydrogen-bond donors (Lipinski definition) is 1. The van der Waals surface area contributed by atoms with Gasteiger partial charge in [-0.05, 0) is 55.8 Å². The summed E-state index contributed by atoms with van der Waals surface area (Å²) < 4.78 is 29.3. The van der Waals surface area contributed by atoms with Gasteiger partial charge in [-0.25, -0.2) is 8.42 Å². The Morgan fingerprint density at radius 2 is 1.43 bits per heavy atom. The summed E-state index contributed by atoms with van der Waals surface area (Å²) in [7, 11) is -3.67. The molecule has 0 spiro atoms. The Morgan fingerprint density at radius 1 is 0.800 bits per heavy atom. The van der Waals surface area contributed by atoms with Gasteiger partial charge < -0.3 is 5.32 Å². The van der Waals surface area contributed by atoms with E-state index in [1.807, 2.05) is 66.7 Å². The van der Waals surface area contributed by atoms with Gasteiger partial charge in [-0.15, -0.1) is 0 Å². The highest BCUT2D eigenvalue weighted by molar-refractivity contribution is 7.89. The monoisotopic (exact) mass is 488 g/mol. The number of hydrogen-bond acceptors (Lipinski definition) is 4. The zero-order chi connectivity index (χ0) is 24.3. The van der Waals surface area contributed by atoms with Gasteiger partial charge in [0, 0.05) is 24.1 Å².